The molecule has 0 aliphatic rings. The molecule has 0 aliphatic carbocycles. The number of para-hydroxylation sites is 1. The van der Waals surface area contributed by atoms with E-state index < -0.39 is 0 Å². The fraction of sp³-hybridized carbons (Fsp3) is 0.214. The molecule has 1 aromatic carbocycles. The van der Waals surface area contributed by atoms with Gasteiger partial charge >= 0.3 is 0 Å². The summed E-state index contributed by atoms with van der Waals surface area (Å²) in [5, 5.41) is 10.3. The maximum atomic E-state index is 4.65. The first kappa shape index (κ1) is 12.2. The summed E-state index contributed by atoms with van der Waals surface area (Å²) < 4.78 is 1.99. The monoisotopic (exact) mass is 270 g/mol. The van der Waals surface area contributed by atoms with Crippen molar-refractivity contribution in [2.45, 2.75) is 17.8 Å². The highest BCUT2D eigenvalue weighted by atomic mass is 32.2. The molecule has 4 nitrogen and oxygen atoms in total. The normalized spacial score (nSPS) is 11.1. The second-order valence-electron chi connectivity index (χ2n) is 4.37. The van der Waals surface area contributed by atoms with E-state index in [1.807, 2.05) is 36.7 Å². The molecular weight excluding hydrogens is 256 g/mol. The van der Waals surface area contributed by atoms with Crippen molar-refractivity contribution < 1.29 is 0 Å². The van der Waals surface area contributed by atoms with E-state index >= 15 is 0 Å². The first-order chi connectivity index (χ1) is 9.24. The number of aromatic nitrogens is 4. The number of nitrogens with zero attached hydrogens (tertiary/aromatic N) is 4. The summed E-state index contributed by atoms with van der Waals surface area (Å²) in [5.41, 5.74) is 2.10. The molecule has 0 spiro atoms. The zero-order valence-electron chi connectivity index (χ0n) is 10.9. The van der Waals surface area contributed by atoms with Crippen LogP contribution >= 0.6 is 11.8 Å². The van der Waals surface area contributed by atoms with Crippen molar-refractivity contribution in [3.8, 4) is 0 Å². The van der Waals surface area contributed by atoms with Crippen molar-refractivity contribution in [2.75, 3.05) is 0 Å². The van der Waals surface area contributed by atoms with Crippen molar-refractivity contribution in [1.29, 1.82) is 0 Å². The molecule has 0 bridgehead atoms. The number of aryl methyl sites for hydroxylation is 1. The van der Waals surface area contributed by atoms with Crippen LogP contribution < -0.4 is 0 Å². The van der Waals surface area contributed by atoms with Gasteiger partial charge in [0.2, 0.25) is 0 Å². The van der Waals surface area contributed by atoms with E-state index in [2.05, 4.69) is 33.4 Å². The van der Waals surface area contributed by atoms with Crippen molar-refractivity contribution in [2.24, 2.45) is 7.05 Å². The summed E-state index contributed by atoms with van der Waals surface area (Å²) in [5.74, 6) is 1.73. The Hall–Kier alpha value is -1.88. The lowest BCUT2D eigenvalue weighted by Gasteiger charge is -2.03. The summed E-state index contributed by atoms with van der Waals surface area (Å²) >= 11 is 1.66. The zero-order valence-corrected chi connectivity index (χ0v) is 11.7. The Labute approximate surface area is 115 Å². The van der Waals surface area contributed by atoms with Crippen LogP contribution in [-0.2, 0) is 12.8 Å². The predicted octanol–water partition coefficient (Wildman–Crippen LogP) is 2.96. The van der Waals surface area contributed by atoms with Crippen LogP contribution in [0.2, 0.25) is 0 Å². The maximum absolute atomic E-state index is 4.65. The van der Waals surface area contributed by atoms with Crippen molar-refractivity contribution in [3.63, 3.8) is 0 Å². The second kappa shape index (κ2) is 5.01. The molecule has 0 saturated carbocycles. The Morgan fingerprint density at radius 2 is 1.95 bits per heavy atom. The van der Waals surface area contributed by atoms with Gasteiger partial charge in [0.25, 0.3) is 0 Å². The summed E-state index contributed by atoms with van der Waals surface area (Å²) in [4.78, 5) is 4.65. The highest BCUT2D eigenvalue weighted by molar-refractivity contribution is 7.98. The number of hydrogen-bond acceptors (Lipinski definition) is 4. The molecule has 2 heterocycles. The molecular formula is C14H14N4S. The minimum absolute atomic E-state index is 0.802. The zero-order chi connectivity index (χ0) is 13.2. The molecule has 0 saturated heterocycles. The van der Waals surface area contributed by atoms with E-state index in [-0.39, 0.29) is 0 Å². The molecule has 5 heteroatoms. The van der Waals surface area contributed by atoms with Gasteiger partial charge in [0, 0.05) is 18.2 Å². The van der Waals surface area contributed by atoms with Crippen LogP contribution in [-0.4, -0.2) is 19.7 Å². The molecule has 0 N–H and O–H groups in total. The molecule has 19 heavy (non-hydrogen) atoms. The van der Waals surface area contributed by atoms with Gasteiger partial charge in [-0.15, -0.1) is 10.2 Å². The van der Waals surface area contributed by atoms with Crippen LogP contribution in [0, 0.1) is 6.92 Å². The van der Waals surface area contributed by atoms with Crippen LogP contribution in [0.25, 0.3) is 10.9 Å². The van der Waals surface area contributed by atoms with Crippen LogP contribution in [0.3, 0.4) is 0 Å². The van der Waals surface area contributed by atoms with E-state index in [1.54, 1.807) is 11.8 Å². The summed E-state index contributed by atoms with van der Waals surface area (Å²) in [7, 11) is 1.98. The van der Waals surface area contributed by atoms with Gasteiger partial charge in [0.15, 0.2) is 5.16 Å². The smallest absolute Gasteiger partial charge is 0.191 e. The number of rotatable bonds is 3. The van der Waals surface area contributed by atoms with Gasteiger partial charge in [0.05, 0.1) is 11.2 Å². The summed E-state index contributed by atoms with van der Waals surface area (Å²) in [6.45, 7) is 1.95. The molecule has 96 valence electrons. The van der Waals surface area contributed by atoms with E-state index in [9.17, 15) is 0 Å². The van der Waals surface area contributed by atoms with Crippen molar-refractivity contribution in [3.05, 3.63) is 47.9 Å². The Morgan fingerprint density at radius 1 is 1.11 bits per heavy atom. The third-order valence-electron chi connectivity index (χ3n) is 3.06. The Balaban J connectivity index is 1.80. The lowest BCUT2D eigenvalue weighted by Crippen LogP contribution is -1.94. The quantitative estimate of drug-likeness (QED) is 0.686. The first-order valence-electron chi connectivity index (χ1n) is 6.07. The van der Waals surface area contributed by atoms with Crippen LogP contribution in [0.1, 0.15) is 11.5 Å². The molecule has 0 atom stereocenters. The maximum Gasteiger partial charge on any atom is 0.191 e. The van der Waals surface area contributed by atoms with Crippen LogP contribution in [0.4, 0.5) is 0 Å². The largest absolute Gasteiger partial charge is 0.309 e. The second-order valence-corrected chi connectivity index (χ2v) is 5.32. The third-order valence-corrected chi connectivity index (χ3v) is 4.11. The van der Waals surface area contributed by atoms with Crippen molar-refractivity contribution >= 4 is 22.7 Å². The van der Waals surface area contributed by atoms with Crippen molar-refractivity contribution in [1.82, 2.24) is 19.7 Å². The van der Waals surface area contributed by atoms with Gasteiger partial charge in [-0.1, -0.05) is 36.0 Å². The van der Waals surface area contributed by atoms with E-state index in [4.69, 9.17) is 0 Å². The van der Waals surface area contributed by atoms with Gasteiger partial charge in [-0.2, -0.15) is 0 Å². The topological polar surface area (TPSA) is 43.6 Å². The molecule has 0 fully saturated rings. The highest BCUT2D eigenvalue weighted by Gasteiger charge is 2.06. The lowest BCUT2D eigenvalue weighted by atomic mass is 10.2. The minimum atomic E-state index is 0.802. The van der Waals surface area contributed by atoms with Gasteiger partial charge in [-0.25, -0.2) is 0 Å². The summed E-state index contributed by atoms with van der Waals surface area (Å²) in [6.07, 6.45) is 0. The number of pyridine rings is 1. The molecule has 2 aromatic heterocycles. The Morgan fingerprint density at radius 3 is 2.74 bits per heavy atom. The number of thioether (sulfide) groups is 1. The Kier molecular flexibility index (Phi) is 3.21. The van der Waals surface area contributed by atoms with Gasteiger partial charge in [-0.05, 0) is 19.1 Å². The van der Waals surface area contributed by atoms with Gasteiger partial charge in [-0.3, -0.25) is 4.98 Å². The molecule has 3 rings (SSSR count). The summed E-state index contributed by atoms with van der Waals surface area (Å²) in [6, 6.07) is 12.3. The predicted molar refractivity (Wildman–Crippen MR) is 77.0 cm³/mol. The minimum Gasteiger partial charge on any atom is -0.309 e. The number of fused-ring (bicyclic) bond motifs is 1. The van der Waals surface area contributed by atoms with E-state index in [0.717, 1.165) is 27.9 Å². The number of benzene rings is 1. The molecule has 0 amide bonds. The van der Waals surface area contributed by atoms with Crippen LogP contribution in [0.5, 0.6) is 0 Å². The lowest BCUT2D eigenvalue weighted by molar-refractivity contribution is 0.765. The average Bonchev–Trinajstić information content (AvgIpc) is 2.76. The molecule has 0 unspecified atom stereocenters. The fourth-order valence-electron chi connectivity index (χ4n) is 1.84. The van der Waals surface area contributed by atoms with Gasteiger partial charge in [0.1, 0.15) is 5.82 Å². The number of hydrogen-bond donors (Lipinski definition) is 0. The Bertz CT molecular complexity index is 720. The standard InChI is InChI=1S/C14H14N4S/c1-10-16-17-14(18(10)2)19-9-12-8-7-11-5-3-4-6-13(11)15-12/h3-8H,9H2,1-2H3. The first-order valence-corrected chi connectivity index (χ1v) is 7.06. The molecule has 0 radical (unpaired) electrons. The van der Waals surface area contributed by atoms with E-state index in [0.29, 0.717) is 0 Å². The SMILES string of the molecule is Cc1nnc(SCc2ccc3ccccc3n2)n1C. The molecule has 0 aliphatic heterocycles. The van der Waals surface area contributed by atoms with Gasteiger partial charge < -0.3 is 4.57 Å². The average molecular weight is 270 g/mol. The third kappa shape index (κ3) is 2.46. The van der Waals surface area contributed by atoms with Crippen LogP contribution in [0.15, 0.2) is 41.6 Å². The highest BCUT2D eigenvalue weighted by Crippen LogP contribution is 2.21. The van der Waals surface area contributed by atoms with E-state index in [1.165, 1.54) is 5.39 Å². The molecule has 3 aromatic rings. The fourth-order valence-corrected chi connectivity index (χ4v) is 2.70.